The number of para-hydroxylation sites is 2. The molecule has 1 spiro atoms. The summed E-state index contributed by atoms with van der Waals surface area (Å²) in [4.78, 5) is 23.6. The van der Waals surface area contributed by atoms with Gasteiger partial charge in [-0.25, -0.2) is 13.2 Å². The zero-order chi connectivity index (χ0) is 21.7. The van der Waals surface area contributed by atoms with E-state index in [1.54, 1.807) is 13.8 Å². The second kappa shape index (κ2) is 7.15. The zero-order valence-electron chi connectivity index (χ0n) is 16.3. The second-order valence-corrected chi connectivity index (χ2v) is 9.25. The monoisotopic (exact) mass is 433 g/mol. The van der Waals surface area contributed by atoms with Gasteiger partial charge in [-0.15, -0.1) is 0 Å². The molecule has 4 rings (SSSR count). The van der Waals surface area contributed by atoms with E-state index in [0.717, 1.165) is 0 Å². The molecule has 2 aromatic rings. The molecule has 0 amide bonds. The van der Waals surface area contributed by atoms with Crippen LogP contribution in [-0.4, -0.2) is 38.3 Å². The molecule has 0 bridgehead atoms. The number of rotatable bonds is 3. The molecule has 2 aliphatic heterocycles. The van der Waals surface area contributed by atoms with E-state index in [1.807, 2.05) is 0 Å². The SMILES string of the molecule is Cc1cc(C(=O)Oc2ccccc2[N+](=O)[O-])c(C)c2c1S(=O)(=O)CCC21OCCO1. The van der Waals surface area contributed by atoms with Crippen LogP contribution >= 0.6 is 0 Å². The number of aryl methyl sites for hydroxylation is 1. The van der Waals surface area contributed by atoms with Crippen LogP contribution in [0.5, 0.6) is 5.75 Å². The molecule has 0 saturated carbocycles. The molecule has 2 heterocycles. The standard InChI is InChI=1S/C20H19NO8S/c1-12-11-14(19(22)29-16-6-4-3-5-15(16)21(23)24)13(2)17-18(12)30(25,26)10-7-20(17)27-8-9-28-20/h3-6,11H,7-10H2,1-2H3. The summed E-state index contributed by atoms with van der Waals surface area (Å²) in [5.41, 5.74) is 0.771. The van der Waals surface area contributed by atoms with E-state index < -0.39 is 26.5 Å². The maximum atomic E-state index is 12.9. The van der Waals surface area contributed by atoms with Crippen LogP contribution in [0, 0.1) is 24.0 Å². The summed E-state index contributed by atoms with van der Waals surface area (Å²) < 4.78 is 42.5. The van der Waals surface area contributed by atoms with Gasteiger partial charge in [0, 0.05) is 18.1 Å². The quantitative estimate of drug-likeness (QED) is 0.313. The molecule has 0 N–H and O–H groups in total. The fourth-order valence-electron chi connectivity index (χ4n) is 4.05. The minimum absolute atomic E-state index is 0.0972. The van der Waals surface area contributed by atoms with Gasteiger partial charge in [0.1, 0.15) is 0 Å². The van der Waals surface area contributed by atoms with E-state index in [0.29, 0.717) is 29.9 Å². The van der Waals surface area contributed by atoms with Gasteiger partial charge in [-0.1, -0.05) is 12.1 Å². The van der Waals surface area contributed by atoms with Gasteiger partial charge in [0.25, 0.3) is 0 Å². The maximum absolute atomic E-state index is 12.9. The number of sulfone groups is 1. The Labute approximate surface area is 172 Å². The van der Waals surface area contributed by atoms with Crippen molar-refractivity contribution < 1.29 is 32.3 Å². The summed E-state index contributed by atoms with van der Waals surface area (Å²) in [6, 6.07) is 6.97. The van der Waals surface area contributed by atoms with Crippen LogP contribution in [0.4, 0.5) is 5.69 Å². The fraction of sp³-hybridized carbons (Fsp3) is 0.350. The number of carbonyl (C=O) groups is 1. The Balaban J connectivity index is 1.85. The van der Waals surface area contributed by atoms with Gasteiger partial charge < -0.3 is 14.2 Å². The van der Waals surface area contributed by atoms with Crippen molar-refractivity contribution in [3.63, 3.8) is 0 Å². The van der Waals surface area contributed by atoms with Crippen molar-refractivity contribution in [2.24, 2.45) is 0 Å². The Bertz CT molecular complexity index is 1170. The van der Waals surface area contributed by atoms with E-state index in [9.17, 15) is 23.3 Å². The van der Waals surface area contributed by atoms with Gasteiger partial charge in [0.15, 0.2) is 15.6 Å². The lowest BCUT2D eigenvalue weighted by Crippen LogP contribution is -2.38. The third-order valence-corrected chi connectivity index (χ3v) is 7.24. The van der Waals surface area contributed by atoms with Crippen molar-refractivity contribution in [1.82, 2.24) is 0 Å². The average Bonchev–Trinajstić information content (AvgIpc) is 3.16. The Morgan fingerprint density at radius 2 is 1.87 bits per heavy atom. The smallest absolute Gasteiger partial charge is 0.344 e. The van der Waals surface area contributed by atoms with Gasteiger partial charge in [0.05, 0.1) is 34.3 Å². The van der Waals surface area contributed by atoms with Crippen molar-refractivity contribution in [3.8, 4) is 5.75 Å². The molecule has 158 valence electrons. The predicted octanol–water partition coefficient (Wildman–Crippen LogP) is 2.81. The highest BCUT2D eigenvalue weighted by atomic mass is 32.2. The Morgan fingerprint density at radius 1 is 1.20 bits per heavy atom. The van der Waals surface area contributed by atoms with Crippen molar-refractivity contribution in [3.05, 3.63) is 62.7 Å². The number of nitro benzene ring substituents is 1. The third kappa shape index (κ3) is 3.17. The van der Waals surface area contributed by atoms with Crippen LogP contribution in [0.15, 0.2) is 35.2 Å². The fourth-order valence-corrected chi connectivity index (χ4v) is 5.96. The molecule has 0 radical (unpaired) electrons. The second-order valence-electron chi connectivity index (χ2n) is 7.20. The lowest BCUT2D eigenvalue weighted by atomic mass is 9.91. The van der Waals surface area contributed by atoms with Gasteiger partial charge in [0.2, 0.25) is 5.75 Å². The number of hydrogen-bond donors (Lipinski definition) is 0. The molecule has 30 heavy (non-hydrogen) atoms. The predicted molar refractivity (Wildman–Crippen MR) is 104 cm³/mol. The summed E-state index contributed by atoms with van der Waals surface area (Å²) in [5.74, 6) is -2.38. The number of carbonyl (C=O) groups excluding carboxylic acids is 1. The van der Waals surface area contributed by atoms with Crippen molar-refractivity contribution in [2.75, 3.05) is 19.0 Å². The number of fused-ring (bicyclic) bond motifs is 2. The Kier molecular flexibility index (Phi) is 4.88. The van der Waals surface area contributed by atoms with Gasteiger partial charge in [-0.05, 0) is 37.1 Å². The highest BCUT2D eigenvalue weighted by Gasteiger charge is 2.49. The van der Waals surface area contributed by atoms with Gasteiger partial charge in [-0.3, -0.25) is 10.1 Å². The van der Waals surface area contributed by atoms with Crippen LogP contribution in [0.1, 0.15) is 33.5 Å². The largest absolute Gasteiger partial charge is 0.416 e. The minimum Gasteiger partial charge on any atom is -0.416 e. The van der Waals surface area contributed by atoms with E-state index in [4.69, 9.17) is 14.2 Å². The van der Waals surface area contributed by atoms with Crippen LogP contribution < -0.4 is 4.74 Å². The lowest BCUT2D eigenvalue weighted by Gasteiger charge is -2.36. The first-order valence-electron chi connectivity index (χ1n) is 9.27. The first-order chi connectivity index (χ1) is 14.2. The molecule has 2 aromatic carbocycles. The molecular formula is C20H19NO8S. The molecule has 0 aromatic heterocycles. The molecule has 10 heteroatoms. The molecule has 9 nitrogen and oxygen atoms in total. The Hall–Kier alpha value is -2.82. The molecule has 2 aliphatic rings. The van der Waals surface area contributed by atoms with Gasteiger partial charge in [-0.2, -0.15) is 0 Å². The minimum atomic E-state index is -3.58. The first-order valence-corrected chi connectivity index (χ1v) is 10.9. The van der Waals surface area contributed by atoms with E-state index in [1.165, 1.54) is 30.3 Å². The van der Waals surface area contributed by atoms with Crippen LogP contribution in [0.2, 0.25) is 0 Å². The molecular weight excluding hydrogens is 414 g/mol. The van der Waals surface area contributed by atoms with Crippen LogP contribution in [0.3, 0.4) is 0 Å². The summed E-state index contributed by atoms with van der Waals surface area (Å²) in [7, 11) is -3.58. The highest BCUT2D eigenvalue weighted by molar-refractivity contribution is 7.91. The van der Waals surface area contributed by atoms with Gasteiger partial charge >= 0.3 is 11.7 Å². The van der Waals surface area contributed by atoms with E-state index in [2.05, 4.69) is 0 Å². The topological polar surface area (TPSA) is 122 Å². The molecule has 1 saturated heterocycles. The summed E-state index contributed by atoms with van der Waals surface area (Å²) >= 11 is 0. The average molecular weight is 433 g/mol. The summed E-state index contributed by atoms with van der Waals surface area (Å²) in [6.45, 7) is 3.80. The number of hydrogen-bond acceptors (Lipinski definition) is 8. The number of nitrogens with zero attached hydrogens (tertiary/aromatic N) is 1. The molecule has 1 fully saturated rings. The third-order valence-electron chi connectivity index (χ3n) is 5.36. The zero-order valence-corrected chi connectivity index (χ0v) is 17.2. The number of ether oxygens (including phenoxy) is 3. The van der Waals surface area contributed by atoms with Crippen LogP contribution in [0.25, 0.3) is 0 Å². The molecule has 0 aliphatic carbocycles. The Morgan fingerprint density at radius 3 is 2.53 bits per heavy atom. The number of nitro groups is 1. The van der Waals surface area contributed by atoms with E-state index in [-0.39, 0.29) is 34.1 Å². The summed E-state index contributed by atoms with van der Waals surface area (Å²) in [6.07, 6.45) is 0.116. The number of esters is 1. The maximum Gasteiger partial charge on any atom is 0.344 e. The normalized spacial score (nSPS) is 18.7. The van der Waals surface area contributed by atoms with Crippen molar-refractivity contribution in [1.29, 1.82) is 0 Å². The first kappa shape index (κ1) is 20.5. The van der Waals surface area contributed by atoms with E-state index >= 15 is 0 Å². The highest BCUT2D eigenvalue weighted by Crippen LogP contribution is 2.46. The molecule has 0 atom stereocenters. The van der Waals surface area contributed by atoms with Crippen molar-refractivity contribution >= 4 is 21.5 Å². The number of benzene rings is 2. The van der Waals surface area contributed by atoms with Crippen LogP contribution in [-0.2, 0) is 25.1 Å². The summed E-state index contributed by atoms with van der Waals surface area (Å²) in [5, 5.41) is 11.2. The lowest BCUT2D eigenvalue weighted by molar-refractivity contribution is -0.385. The molecule has 0 unspecified atom stereocenters. The van der Waals surface area contributed by atoms with Crippen molar-refractivity contribution in [2.45, 2.75) is 31.0 Å².